The van der Waals surface area contributed by atoms with Gasteiger partial charge in [0, 0.05) is 22.8 Å². The van der Waals surface area contributed by atoms with E-state index >= 15 is 0 Å². The Hall–Kier alpha value is 0.240. The minimum atomic E-state index is 0.179. The molecular weight excluding hydrogens is 249 g/mol. The monoisotopic (exact) mass is 263 g/mol. The maximum absolute atomic E-state index is 6.05. The van der Waals surface area contributed by atoms with E-state index < -0.39 is 0 Å². The van der Waals surface area contributed by atoms with Crippen LogP contribution in [-0.4, -0.2) is 11.4 Å². The molecule has 0 amide bonds. The van der Waals surface area contributed by atoms with E-state index in [0.717, 1.165) is 10.9 Å². The Morgan fingerprint density at radius 1 is 1.33 bits per heavy atom. The Kier molecular flexibility index (Phi) is 3.94. The van der Waals surface area contributed by atoms with E-state index in [0.29, 0.717) is 5.88 Å². The van der Waals surface area contributed by atoms with Gasteiger partial charge in [-0.2, -0.15) is 0 Å². The van der Waals surface area contributed by atoms with Gasteiger partial charge < -0.3 is 5.32 Å². The van der Waals surface area contributed by atoms with Gasteiger partial charge in [-0.3, -0.25) is 0 Å². The van der Waals surface area contributed by atoms with E-state index in [-0.39, 0.29) is 5.54 Å². The second-order valence-electron chi connectivity index (χ2n) is 4.18. The lowest BCUT2D eigenvalue weighted by Gasteiger charge is -2.27. The molecule has 15 heavy (non-hydrogen) atoms. The first kappa shape index (κ1) is 11.7. The average molecular weight is 264 g/mol. The summed E-state index contributed by atoms with van der Waals surface area (Å²) in [4.78, 5) is 1.29. The van der Waals surface area contributed by atoms with Crippen molar-refractivity contribution in [3.8, 4) is 0 Å². The van der Waals surface area contributed by atoms with Gasteiger partial charge in [-0.15, -0.1) is 22.9 Å². The highest BCUT2D eigenvalue weighted by atomic mass is 35.5. The molecule has 2 rings (SSSR count). The zero-order valence-corrected chi connectivity index (χ0v) is 10.9. The second kappa shape index (κ2) is 5.05. The highest BCUT2D eigenvalue weighted by Gasteiger charge is 2.32. The average Bonchev–Trinajstić information content (AvgIpc) is 2.85. The lowest BCUT2D eigenvalue weighted by atomic mass is 10.0. The summed E-state index contributed by atoms with van der Waals surface area (Å²) in [5, 5.41) is 3.59. The topological polar surface area (TPSA) is 12.0 Å². The van der Waals surface area contributed by atoms with Gasteiger partial charge in [0.1, 0.15) is 0 Å². The Balaban J connectivity index is 1.91. The van der Waals surface area contributed by atoms with Crippen LogP contribution >= 0.6 is 34.5 Å². The van der Waals surface area contributed by atoms with E-state index in [9.17, 15) is 0 Å². The molecule has 0 atom stereocenters. The first-order valence-electron chi connectivity index (χ1n) is 5.29. The molecule has 1 fully saturated rings. The third-order valence-corrected chi connectivity index (χ3v) is 4.83. The largest absolute Gasteiger partial charge is 0.305 e. The summed E-state index contributed by atoms with van der Waals surface area (Å²) in [6, 6.07) is 4.03. The van der Waals surface area contributed by atoms with Crippen molar-refractivity contribution in [2.45, 2.75) is 37.8 Å². The summed E-state index contributed by atoms with van der Waals surface area (Å²) in [6.45, 7) is 0.893. The maximum atomic E-state index is 6.05. The van der Waals surface area contributed by atoms with Crippen molar-refractivity contribution >= 4 is 34.5 Å². The summed E-state index contributed by atoms with van der Waals surface area (Å²) < 4.78 is 0.859. The molecular formula is C11H15Cl2NS. The number of nitrogens with one attached hydrogen (secondary N) is 1. The number of hydrogen-bond donors (Lipinski definition) is 1. The molecule has 0 unspecified atom stereocenters. The van der Waals surface area contributed by atoms with E-state index in [1.165, 1.54) is 30.6 Å². The van der Waals surface area contributed by atoms with Crippen LogP contribution in [0.5, 0.6) is 0 Å². The number of hydrogen-bond acceptors (Lipinski definition) is 2. The van der Waals surface area contributed by atoms with Crippen LogP contribution in [-0.2, 0) is 6.54 Å². The normalized spacial score (nSPS) is 19.6. The van der Waals surface area contributed by atoms with Crippen molar-refractivity contribution in [1.82, 2.24) is 5.32 Å². The van der Waals surface area contributed by atoms with Crippen molar-refractivity contribution in [3.63, 3.8) is 0 Å². The fourth-order valence-corrected chi connectivity index (χ4v) is 3.52. The summed E-state index contributed by atoms with van der Waals surface area (Å²) in [6.07, 6.45) is 5.00. The molecule has 1 heterocycles. The second-order valence-corrected chi connectivity index (χ2v) is 6.25. The van der Waals surface area contributed by atoms with Crippen molar-refractivity contribution in [3.05, 3.63) is 21.3 Å². The molecule has 0 aliphatic heterocycles. The van der Waals surface area contributed by atoms with Crippen LogP contribution in [0.3, 0.4) is 0 Å². The number of rotatable bonds is 4. The molecule has 1 aliphatic rings. The quantitative estimate of drug-likeness (QED) is 0.809. The number of thiophene rings is 1. The predicted octanol–water partition coefficient (Wildman–Crippen LogP) is 4.04. The molecule has 1 saturated carbocycles. The molecule has 1 nitrogen and oxygen atoms in total. The highest BCUT2D eigenvalue weighted by Crippen LogP contribution is 2.31. The van der Waals surface area contributed by atoms with Crippen LogP contribution < -0.4 is 5.32 Å². The van der Waals surface area contributed by atoms with E-state index in [1.54, 1.807) is 11.3 Å². The summed E-state index contributed by atoms with van der Waals surface area (Å²) in [5.74, 6) is 0.714. The third-order valence-electron chi connectivity index (χ3n) is 3.08. The standard InChI is InChI=1S/C11H15Cl2NS/c12-8-11(5-1-2-6-11)14-7-9-3-4-10(13)15-9/h3-4,14H,1-2,5-8H2. The lowest BCUT2D eigenvalue weighted by molar-refractivity contribution is 0.369. The van der Waals surface area contributed by atoms with Crippen LogP contribution in [0.2, 0.25) is 4.34 Å². The van der Waals surface area contributed by atoms with Gasteiger partial charge in [-0.1, -0.05) is 24.4 Å². The first-order valence-corrected chi connectivity index (χ1v) is 7.02. The molecule has 1 aliphatic carbocycles. The Morgan fingerprint density at radius 3 is 2.60 bits per heavy atom. The van der Waals surface area contributed by atoms with E-state index in [2.05, 4.69) is 11.4 Å². The summed E-state index contributed by atoms with van der Waals surface area (Å²) >= 11 is 13.6. The summed E-state index contributed by atoms with van der Waals surface area (Å²) in [5.41, 5.74) is 0.179. The molecule has 1 N–H and O–H groups in total. The van der Waals surface area contributed by atoms with Crippen LogP contribution in [0.4, 0.5) is 0 Å². The van der Waals surface area contributed by atoms with E-state index in [4.69, 9.17) is 23.2 Å². The van der Waals surface area contributed by atoms with Gasteiger partial charge in [0.15, 0.2) is 0 Å². The molecule has 4 heteroatoms. The molecule has 1 aromatic rings. The molecule has 0 spiro atoms. The van der Waals surface area contributed by atoms with Gasteiger partial charge in [-0.25, -0.2) is 0 Å². The van der Waals surface area contributed by atoms with Gasteiger partial charge in [0.2, 0.25) is 0 Å². The fourth-order valence-electron chi connectivity index (χ4n) is 2.13. The lowest BCUT2D eigenvalue weighted by Crippen LogP contribution is -2.43. The molecule has 84 valence electrons. The third kappa shape index (κ3) is 2.88. The van der Waals surface area contributed by atoms with Gasteiger partial charge in [-0.05, 0) is 25.0 Å². The number of halogens is 2. The zero-order valence-electron chi connectivity index (χ0n) is 8.56. The smallest absolute Gasteiger partial charge is 0.0931 e. The van der Waals surface area contributed by atoms with Gasteiger partial charge >= 0.3 is 0 Å². The van der Waals surface area contributed by atoms with Crippen LogP contribution in [0.1, 0.15) is 30.6 Å². The van der Waals surface area contributed by atoms with Gasteiger partial charge in [0.25, 0.3) is 0 Å². The fraction of sp³-hybridized carbons (Fsp3) is 0.636. The Bertz CT molecular complexity index is 318. The summed E-state index contributed by atoms with van der Waals surface area (Å²) in [7, 11) is 0. The highest BCUT2D eigenvalue weighted by molar-refractivity contribution is 7.16. The van der Waals surface area contributed by atoms with Crippen molar-refractivity contribution in [2.24, 2.45) is 0 Å². The van der Waals surface area contributed by atoms with Crippen molar-refractivity contribution < 1.29 is 0 Å². The van der Waals surface area contributed by atoms with Crippen molar-refractivity contribution in [2.75, 3.05) is 5.88 Å². The molecule has 1 aromatic heterocycles. The predicted molar refractivity (Wildman–Crippen MR) is 68.1 cm³/mol. The molecule has 0 radical (unpaired) electrons. The molecule has 0 bridgehead atoms. The van der Waals surface area contributed by atoms with Gasteiger partial charge in [0.05, 0.1) is 4.34 Å². The van der Waals surface area contributed by atoms with Crippen LogP contribution in [0.15, 0.2) is 12.1 Å². The first-order chi connectivity index (χ1) is 7.24. The Morgan fingerprint density at radius 2 is 2.07 bits per heavy atom. The zero-order chi connectivity index (χ0) is 10.7. The minimum Gasteiger partial charge on any atom is -0.305 e. The Labute approximate surface area is 105 Å². The van der Waals surface area contributed by atoms with E-state index in [1.807, 2.05) is 6.07 Å². The molecule has 0 aromatic carbocycles. The maximum Gasteiger partial charge on any atom is 0.0931 e. The van der Waals surface area contributed by atoms with Crippen molar-refractivity contribution in [1.29, 1.82) is 0 Å². The van der Waals surface area contributed by atoms with Crippen LogP contribution in [0.25, 0.3) is 0 Å². The minimum absolute atomic E-state index is 0.179. The number of alkyl halides is 1. The molecule has 0 saturated heterocycles. The van der Waals surface area contributed by atoms with Crippen LogP contribution in [0, 0.1) is 0 Å². The SMILES string of the molecule is ClCC1(NCc2ccc(Cl)s2)CCCC1.